The van der Waals surface area contributed by atoms with E-state index in [-0.39, 0.29) is 5.41 Å². The molecule has 4 rings (SSSR count). The zero-order chi connectivity index (χ0) is 17.1. The monoisotopic (exact) mass is 352 g/mol. The number of thiophene rings is 1. The standard InChI is InChI=1S/C21H24N2OS/c22-16-21(17-5-2-1-3-6-17)10-12-23(13-11-21)15-18-8-9-20(25-18)19-7-4-14-24-19/h1-3,5-6,8-9,19H,4,7,10-15H2. The van der Waals surface area contributed by atoms with Gasteiger partial charge in [-0.25, -0.2) is 0 Å². The van der Waals surface area contributed by atoms with Crippen molar-refractivity contribution in [3.05, 3.63) is 57.8 Å². The first-order valence-electron chi connectivity index (χ1n) is 9.18. The summed E-state index contributed by atoms with van der Waals surface area (Å²) < 4.78 is 5.79. The van der Waals surface area contributed by atoms with E-state index < -0.39 is 0 Å². The van der Waals surface area contributed by atoms with E-state index in [1.54, 1.807) is 0 Å². The Bertz CT molecular complexity index is 735. The lowest BCUT2D eigenvalue weighted by Crippen LogP contribution is -2.41. The Morgan fingerprint density at radius 2 is 1.96 bits per heavy atom. The van der Waals surface area contributed by atoms with E-state index in [1.807, 2.05) is 29.5 Å². The van der Waals surface area contributed by atoms with Crippen LogP contribution in [0.2, 0.25) is 0 Å². The summed E-state index contributed by atoms with van der Waals surface area (Å²) in [7, 11) is 0. The number of hydrogen-bond donors (Lipinski definition) is 0. The molecule has 2 aliphatic rings. The lowest BCUT2D eigenvalue weighted by molar-refractivity contribution is 0.114. The Balaban J connectivity index is 1.38. The third-order valence-corrected chi connectivity index (χ3v) is 6.72. The number of nitriles is 1. The largest absolute Gasteiger partial charge is 0.373 e. The topological polar surface area (TPSA) is 36.3 Å². The lowest BCUT2D eigenvalue weighted by Gasteiger charge is -2.37. The molecular formula is C21H24N2OS. The second-order valence-electron chi connectivity index (χ2n) is 7.14. The quantitative estimate of drug-likeness (QED) is 0.803. The maximum Gasteiger partial charge on any atom is 0.0917 e. The number of ether oxygens (including phenoxy) is 1. The summed E-state index contributed by atoms with van der Waals surface area (Å²) in [5.74, 6) is 0. The zero-order valence-electron chi connectivity index (χ0n) is 14.5. The molecular weight excluding hydrogens is 328 g/mol. The molecule has 25 heavy (non-hydrogen) atoms. The Hall–Kier alpha value is -1.67. The van der Waals surface area contributed by atoms with Gasteiger partial charge < -0.3 is 4.74 Å². The fraction of sp³-hybridized carbons (Fsp3) is 0.476. The maximum atomic E-state index is 9.82. The third-order valence-electron chi connectivity index (χ3n) is 5.56. The summed E-state index contributed by atoms with van der Waals surface area (Å²) in [6, 6.07) is 17.4. The highest BCUT2D eigenvalue weighted by Crippen LogP contribution is 2.37. The number of benzene rings is 1. The summed E-state index contributed by atoms with van der Waals surface area (Å²) in [5.41, 5.74) is 0.865. The van der Waals surface area contributed by atoms with E-state index in [1.165, 1.54) is 21.7 Å². The molecule has 1 atom stereocenters. The van der Waals surface area contributed by atoms with Crippen LogP contribution in [-0.2, 0) is 16.7 Å². The first kappa shape index (κ1) is 16.8. The van der Waals surface area contributed by atoms with Crippen molar-refractivity contribution in [1.29, 1.82) is 5.26 Å². The number of nitrogens with zero attached hydrogens (tertiary/aromatic N) is 2. The first-order chi connectivity index (χ1) is 12.3. The van der Waals surface area contributed by atoms with Gasteiger partial charge in [-0.15, -0.1) is 11.3 Å². The van der Waals surface area contributed by atoms with Crippen molar-refractivity contribution in [2.45, 2.75) is 43.7 Å². The van der Waals surface area contributed by atoms with Crippen molar-refractivity contribution in [3.8, 4) is 6.07 Å². The van der Waals surface area contributed by atoms with Crippen molar-refractivity contribution >= 4 is 11.3 Å². The third kappa shape index (κ3) is 3.50. The predicted molar refractivity (Wildman–Crippen MR) is 100 cm³/mol. The molecule has 0 spiro atoms. The van der Waals surface area contributed by atoms with Crippen LogP contribution in [0.4, 0.5) is 0 Å². The highest BCUT2D eigenvalue weighted by molar-refractivity contribution is 7.12. The van der Waals surface area contributed by atoms with E-state index in [9.17, 15) is 5.26 Å². The second kappa shape index (κ2) is 7.29. The van der Waals surface area contributed by atoms with E-state index in [0.29, 0.717) is 6.10 Å². The van der Waals surface area contributed by atoms with Crippen LogP contribution in [0, 0.1) is 11.3 Å². The van der Waals surface area contributed by atoms with Gasteiger partial charge >= 0.3 is 0 Å². The zero-order valence-corrected chi connectivity index (χ0v) is 15.3. The summed E-state index contributed by atoms with van der Waals surface area (Å²) >= 11 is 1.89. The van der Waals surface area contributed by atoms with Gasteiger partial charge in [0.05, 0.1) is 17.6 Å². The molecule has 0 aliphatic carbocycles. The smallest absolute Gasteiger partial charge is 0.0917 e. The Kier molecular flexibility index (Phi) is 4.89. The molecule has 130 valence electrons. The van der Waals surface area contributed by atoms with Crippen molar-refractivity contribution < 1.29 is 4.74 Å². The molecule has 3 heterocycles. The Morgan fingerprint density at radius 1 is 1.16 bits per heavy atom. The fourth-order valence-electron chi connectivity index (χ4n) is 3.99. The molecule has 2 aromatic rings. The number of piperidine rings is 1. The molecule has 2 aliphatic heterocycles. The van der Waals surface area contributed by atoms with Gasteiger partial charge in [0.25, 0.3) is 0 Å². The van der Waals surface area contributed by atoms with E-state index in [0.717, 1.165) is 45.5 Å². The SMILES string of the molecule is N#CC1(c2ccccc2)CCN(Cc2ccc(C3CCCO3)s2)CC1. The highest BCUT2D eigenvalue weighted by Gasteiger charge is 2.36. The van der Waals surface area contributed by atoms with Crippen LogP contribution in [0.15, 0.2) is 42.5 Å². The average molecular weight is 353 g/mol. The highest BCUT2D eigenvalue weighted by atomic mass is 32.1. The van der Waals surface area contributed by atoms with Crippen LogP contribution < -0.4 is 0 Å². The molecule has 2 saturated heterocycles. The van der Waals surface area contributed by atoms with Gasteiger partial charge in [0.2, 0.25) is 0 Å². The van der Waals surface area contributed by atoms with Gasteiger partial charge in [-0.1, -0.05) is 30.3 Å². The first-order valence-corrected chi connectivity index (χ1v) is 10.0. The fourth-order valence-corrected chi connectivity index (χ4v) is 5.13. The predicted octanol–water partition coefficient (Wildman–Crippen LogP) is 4.66. The maximum absolute atomic E-state index is 9.82. The van der Waals surface area contributed by atoms with Crippen molar-refractivity contribution in [1.82, 2.24) is 4.90 Å². The summed E-state index contributed by atoms with van der Waals surface area (Å²) in [6.45, 7) is 3.86. The van der Waals surface area contributed by atoms with E-state index in [4.69, 9.17) is 4.74 Å². The minimum Gasteiger partial charge on any atom is -0.373 e. The number of hydrogen-bond acceptors (Lipinski definition) is 4. The van der Waals surface area contributed by atoms with Crippen LogP contribution in [0.3, 0.4) is 0 Å². The normalized spacial score (nSPS) is 23.4. The molecule has 1 unspecified atom stereocenters. The molecule has 1 aromatic carbocycles. The van der Waals surface area contributed by atoms with Gasteiger partial charge in [0.1, 0.15) is 0 Å². The van der Waals surface area contributed by atoms with Crippen LogP contribution in [-0.4, -0.2) is 24.6 Å². The molecule has 0 N–H and O–H groups in total. The van der Waals surface area contributed by atoms with Crippen LogP contribution in [0.1, 0.15) is 47.1 Å². The number of rotatable bonds is 4. The van der Waals surface area contributed by atoms with Gasteiger partial charge in [-0.05, 0) is 43.4 Å². The van der Waals surface area contributed by atoms with Gasteiger partial charge in [-0.3, -0.25) is 4.90 Å². The molecule has 3 nitrogen and oxygen atoms in total. The second-order valence-corrected chi connectivity index (χ2v) is 8.34. The lowest BCUT2D eigenvalue weighted by atomic mass is 9.74. The molecule has 0 saturated carbocycles. The van der Waals surface area contributed by atoms with E-state index in [2.05, 4.69) is 35.2 Å². The minimum atomic E-state index is -0.309. The molecule has 2 fully saturated rings. The van der Waals surface area contributed by atoms with Crippen LogP contribution >= 0.6 is 11.3 Å². The van der Waals surface area contributed by atoms with Gasteiger partial charge in [0, 0.05) is 36.0 Å². The summed E-state index contributed by atoms with van der Waals surface area (Å²) in [6.07, 6.45) is 4.49. The molecule has 1 aromatic heterocycles. The van der Waals surface area contributed by atoms with Crippen molar-refractivity contribution in [2.24, 2.45) is 0 Å². The summed E-state index contributed by atoms with van der Waals surface area (Å²) in [4.78, 5) is 5.28. The van der Waals surface area contributed by atoms with Crippen molar-refractivity contribution in [2.75, 3.05) is 19.7 Å². The molecule has 0 amide bonds. The van der Waals surface area contributed by atoms with Crippen LogP contribution in [0.5, 0.6) is 0 Å². The minimum absolute atomic E-state index is 0.309. The average Bonchev–Trinajstić information content (AvgIpc) is 3.35. The number of likely N-dealkylation sites (tertiary alicyclic amines) is 1. The Morgan fingerprint density at radius 3 is 2.64 bits per heavy atom. The van der Waals surface area contributed by atoms with Gasteiger partial charge in [-0.2, -0.15) is 5.26 Å². The van der Waals surface area contributed by atoms with Crippen molar-refractivity contribution in [3.63, 3.8) is 0 Å². The summed E-state index contributed by atoms with van der Waals surface area (Å²) in [5, 5.41) is 9.82. The van der Waals surface area contributed by atoms with Crippen LogP contribution in [0.25, 0.3) is 0 Å². The van der Waals surface area contributed by atoms with E-state index >= 15 is 0 Å². The molecule has 0 bridgehead atoms. The Labute approximate surface area is 153 Å². The molecule has 4 heteroatoms. The molecule has 0 radical (unpaired) electrons. The van der Waals surface area contributed by atoms with Gasteiger partial charge in [0.15, 0.2) is 0 Å².